The summed E-state index contributed by atoms with van der Waals surface area (Å²) < 4.78 is 1.97. The van der Waals surface area contributed by atoms with E-state index < -0.39 is 0 Å². The van der Waals surface area contributed by atoms with E-state index >= 15 is 0 Å². The Morgan fingerprint density at radius 1 is 1.44 bits per heavy atom. The summed E-state index contributed by atoms with van der Waals surface area (Å²) >= 11 is 0. The molecule has 3 nitrogen and oxygen atoms in total. The van der Waals surface area contributed by atoms with Crippen LogP contribution in [0.2, 0.25) is 0 Å². The number of hydrogen-bond acceptors (Lipinski definition) is 2. The lowest BCUT2D eigenvalue weighted by molar-refractivity contribution is 0.301. The van der Waals surface area contributed by atoms with Gasteiger partial charge in [-0.25, -0.2) is 0 Å². The lowest BCUT2D eigenvalue weighted by atomic mass is 9.84. The molecule has 92 valence electrons. The van der Waals surface area contributed by atoms with Gasteiger partial charge in [0, 0.05) is 18.8 Å². The quantitative estimate of drug-likeness (QED) is 0.852. The monoisotopic (exact) mass is 223 g/mol. The van der Waals surface area contributed by atoms with Crippen molar-refractivity contribution in [2.45, 2.75) is 53.0 Å². The highest BCUT2D eigenvalue weighted by molar-refractivity contribution is 5.08. The maximum atomic E-state index is 6.14. The minimum Gasteiger partial charge on any atom is -0.327 e. The average Bonchev–Trinajstić information content (AvgIpc) is 2.43. The molecule has 0 bridgehead atoms. The summed E-state index contributed by atoms with van der Waals surface area (Å²) in [7, 11) is 2.01. The van der Waals surface area contributed by atoms with Crippen LogP contribution in [0.3, 0.4) is 0 Å². The second-order valence-electron chi connectivity index (χ2n) is 5.77. The smallest absolute Gasteiger partial charge is 0.0596 e. The van der Waals surface area contributed by atoms with E-state index in [1.54, 1.807) is 0 Å². The molecular weight excluding hydrogens is 198 g/mol. The van der Waals surface area contributed by atoms with E-state index in [1.165, 1.54) is 5.69 Å². The predicted molar refractivity (Wildman–Crippen MR) is 68.3 cm³/mol. The Morgan fingerprint density at radius 2 is 2.06 bits per heavy atom. The fourth-order valence-corrected chi connectivity index (χ4v) is 1.83. The summed E-state index contributed by atoms with van der Waals surface area (Å²) in [6.07, 6.45) is 3.28. The van der Waals surface area contributed by atoms with Crippen molar-refractivity contribution < 1.29 is 0 Å². The highest BCUT2D eigenvalue weighted by atomic mass is 15.3. The molecule has 1 rings (SSSR count). The van der Waals surface area contributed by atoms with Crippen LogP contribution in [0, 0.1) is 12.3 Å². The Hall–Kier alpha value is -0.830. The minimum absolute atomic E-state index is 0.211. The van der Waals surface area contributed by atoms with Gasteiger partial charge in [0.2, 0.25) is 0 Å². The van der Waals surface area contributed by atoms with Gasteiger partial charge in [-0.3, -0.25) is 4.68 Å². The molecule has 0 radical (unpaired) electrons. The summed E-state index contributed by atoms with van der Waals surface area (Å²) in [4.78, 5) is 0. The first-order valence-corrected chi connectivity index (χ1v) is 6.06. The van der Waals surface area contributed by atoms with Gasteiger partial charge < -0.3 is 5.73 Å². The highest BCUT2D eigenvalue weighted by Crippen LogP contribution is 2.21. The van der Waals surface area contributed by atoms with Gasteiger partial charge in [-0.2, -0.15) is 5.10 Å². The molecule has 0 spiro atoms. The molecule has 1 aromatic rings. The maximum Gasteiger partial charge on any atom is 0.0596 e. The molecular formula is C13H25N3. The molecule has 1 unspecified atom stereocenters. The summed E-state index contributed by atoms with van der Waals surface area (Å²) in [5, 5.41) is 4.34. The van der Waals surface area contributed by atoms with Gasteiger partial charge in [0.15, 0.2) is 0 Å². The van der Waals surface area contributed by atoms with Crippen molar-refractivity contribution in [3.8, 4) is 0 Å². The Morgan fingerprint density at radius 3 is 2.50 bits per heavy atom. The Kier molecular flexibility index (Phi) is 4.14. The summed E-state index contributed by atoms with van der Waals surface area (Å²) in [5.41, 5.74) is 8.75. The van der Waals surface area contributed by atoms with Crippen LogP contribution in [0.4, 0.5) is 0 Å². The number of rotatable bonds is 4. The van der Waals surface area contributed by atoms with Crippen LogP contribution < -0.4 is 5.73 Å². The van der Waals surface area contributed by atoms with Crippen molar-refractivity contribution in [1.82, 2.24) is 9.78 Å². The van der Waals surface area contributed by atoms with Gasteiger partial charge in [-0.1, -0.05) is 20.8 Å². The first-order valence-electron chi connectivity index (χ1n) is 6.06. The van der Waals surface area contributed by atoms with Crippen molar-refractivity contribution in [2.24, 2.45) is 18.2 Å². The molecule has 3 heteroatoms. The molecule has 0 fully saturated rings. The number of nitrogens with zero attached hydrogens (tertiary/aromatic N) is 2. The molecule has 0 aliphatic carbocycles. The van der Waals surface area contributed by atoms with Crippen LogP contribution in [0.1, 0.15) is 45.0 Å². The van der Waals surface area contributed by atoms with Crippen molar-refractivity contribution in [2.75, 3.05) is 0 Å². The fourth-order valence-electron chi connectivity index (χ4n) is 1.83. The van der Waals surface area contributed by atoms with E-state index in [2.05, 4.69) is 31.9 Å². The Balaban J connectivity index is 2.39. The third-order valence-electron chi connectivity index (χ3n) is 3.16. The van der Waals surface area contributed by atoms with E-state index in [0.29, 0.717) is 0 Å². The molecule has 2 N–H and O–H groups in total. The predicted octanol–water partition coefficient (Wildman–Crippen LogP) is 2.42. The minimum atomic E-state index is 0.211. The molecule has 0 saturated carbocycles. The lowest BCUT2D eigenvalue weighted by Gasteiger charge is -2.26. The van der Waals surface area contributed by atoms with E-state index in [9.17, 15) is 0 Å². The zero-order valence-electron chi connectivity index (χ0n) is 11.2. The van der Waals surface area contributed by atoms with Crippen molar-refractivity contribution in [3.05, 3.63) is 17.5 Å². The molecule has 16 heavy (non-hydrogen) atoms. The lowest BCUT2D eigenvalue weighted by Crippen LogP contribution is -2.34. The van der Waals surface area contributed by atoms with Gasteiger partial charge >= 0.3 is 0 Å². The molecule has 0 aromatic carbocycles. The first kappa shape index (κ1) is 13.2. The Labute approximate surface area is 99.0 Å². The van der Waals surface area contributed by atoms with Gasteiger partial charge in [0.25, 0.3) is 0 Å². The summed E-state index contributed by atoms with van der Waals surface area (Å²) in [6.45, 7) is 8.63. The van der Waals surface area contributed by atoms with Crippen LogP contribution in [0.5, 0.6) is 0 Å². The second kappa shape index (κ2) is 5.00. The fraction of sp³-hybridized carbons (Fsp3) is 0.769. The number of aryl methyl sites for hydroxylation is 3. The normalized spacial score (nSPS) is 14.1. The third kappa shape index (κ3) is 3.63. The van der Waals surface area contributed by atoms with E-state index in [-0.39, 0.29) is 11.5 Å². The maximum absolute atomic E-state index is 6.14. The molecule has 0 amide bonds. The zero-order chi connectivity index (χ0) is 12.3. The van der Waals surface area contributed by atoms with E-state index in [1.807, 2.05) is 18.7 Å². The van der Waals surface area contributed by atoms with Crippen molar-refractivity contribution in [1.29, 1.82) is 0 Å². The van der Waals surface area contributed by atoms with Crippen molar-refractivity contribution >= 4 is 0 Å². The molecule has 1 atom stereocenters. The van der Waals surface area contributed by atoms with Gasteiger partial charge in [-0.05, 0) is 37.7 Å². The topological polar surface area (TPSA) is 43.8 Å². The van der Waals surface area contributed by atoms with Crippen LogP contribution >= 0.6 is 0 Å². The molecule has 0 aliphatic rings. The largest absolute Gasteiger partial charge is 0.327 e. The molecule has 0 aliphatic heterocycles. The number of hydrogen-bond donors (Lipinski definition) is 1. The average molecular weight is 223 g/mol. The third-order valence-corrected chi connectivity index (χ3v) is 3.16. The highest BCUT2D eigenvalue weighted by Gasteiger charge is 2.19. The summed E-state index contributed by atoms with van der Waals surface area (Å²) in [5.74, 6) is 0. The summed E-state index contributed by atoms with van der Waals surface area (Å²) in [6, 6.07) is 2.43. The SMILES string of the molecule is Cc1cc(CCCC(N)C(C)(C)C)n(C)n1. The van der Waals surface area contributed by atoms with E-state index in [0.717, 1.165) is 25.0 Å². The van der Waals surface area contributed by atoms with Crippen LogP contribution in [0.25, 0.3) is 0 Å². The van der Waals surface area contributed by atoms with Crippen molar-refractivity contribution in [3.63, 3.8) is 0 Å². The van der Waals surface area contributed by atoms with Crippen LogP contribution in [-0.2, 0) is 13.5 Å². The van der Waals surface area contributed by atoms with Gasteiger partial charge in [-0.15, -0.1) is 0 Å². The van der Waals surface area contributed by atoms with Crippen LogP contribution in [0.15, 0.2) is 6.07 Å². The van der Waals surface area contributed by atoms with Gasteiger partial charge in [0.1, 0.15) is 0 Å². The van der Waals surface area contributed by atoms with Crippen LogP contribution in [-0.4, -0.2) is 15.8 Å². The zero-order valence-corrected chi connectivity index (χ0v) is 11.2. The number of aromatic nitrogens is 2. The van der Waals surface area contributed by atoms with Gasteiger partial charge in [0.05, 0.1) is 5.69 Å². The molecule has 1 aromatic heterocycles. The molecule has 0 saturated heterocycles. The molecule has 1 heterocycles. The second-order valence-corrected chi connectivity index (χ2v) is 5.77. The first-order chi connectivity index (χ1) is 7.30. The number of nitrogens with two attached hydrogens (primary N) is 1. The standard InChI is InChI=1S/C13H25N3/c1-10-9-11(16(5)15-10)7-6-8-12(14)13(2,3)4/h9,12H,6-8,14H2,1-5H3. The van der Waals surface area contributed by atoms with E-state index in [4.69, 9.17) is 5.73 Å². The Bertz CT molecular complexity index is 333.